The Balaban J connectivity index is 1.87. The second-order valence-corrected chi connectivity index (χ2v) is 4.80. The average Bonchev–Trinajstić information content (AvgIpc) is 2.27. The Morgan fingerprint density at radius 3 is 2.53 bits per heavy atom. The molecule has 1 aromatic carbocycles. The number of aryl methyl sites for hydroxylation is 1. The van der Waals surface area contributed by atoms with Crippen LogP contribution in [0.15, 0.2) is 24.3 Å². The number of nitrogens with one attached hydrogen (secondary N) is 1. The maximum absolute atomic E-state index is 11.9. The molecule has 0 heterocycles. The Morgan fingerprint density at radius 2 is 2.00 bits per heavy atom. The van der Waals surface area contributed by atoms with Crippen LogP contribution in [0.1, 0.15) is 24.8 Å². The van der Waals surface area contributed by atoms with Crippen molar-refractivity contribution in [3.63, 3.8) is 0 Å². The van der Waals surface area contributed by atoms with E-state index in [4.69, 9.17) is 0 Å². The summed E-state index contributed by atoms with van der Waals surface area (Å²) >= 11 is 0. The van der Waals surface area contributed by atoms with Crippen molar-refractivity contribution < 1.29 is 4.79 Å². The molecule has 0 unspecified atom stereocenters. The van der Waals surface area contributed by atoms with Crippen molar-refractivity contribution in [3.05, 3.63) is 29.8 Å². The van der Waals surface area contributed by atoms with Gasteiger partial charge >= 0.3 is 0 Å². The lowest BCUT2D eigenvalue weighted by atomic mass is 9.93. The van der Waals surface area contributed by atoms with Gasteiger partial charge in [0.2, 0.25) is 5.91 Å². The first kappa shape index (κ1) is 12.1. The number of anilines is 1. The summed E-state index contributed by atoms with van der Waals surface area (Å²) in [4.78, 5) is 13.6. The first-order chi connectivity index (χ1) is 8.16. The standard InChI is InChI=1S/C14H20N2O/c1-11-6-8-13(9-7-11)16(2)14(17)10-15-12-4-3-5-12/h6-9,12,15H,3-5,10H2,1-2H3. The number of rotatable bonds is 4. The molecule has 0 radical (unpaired) electrons. The van der Waals surface area contributed by atoms with Gasteiger partial charge in [0.15, 0.2) is 0 Å². The second-order valence-electron chi connectivity index (χ2n) is 4.80. The molecule has 3 nitrogen and oxygen atoms in total. The fraction of sp³-hybridized carbons (Fsp3) is 0.500. The van der Waals surface area contributed by atoms with Gasteiger partial charge in [0.1, 0.15) is 0 Å². The van der Waals surface area contributed by atoms with Crippen LogP contribution in [-0.4, -0.2) is 25.5 Å². The molecule has 1 fully saturated rings. The molecule has 0 aliphatic heterocycles. The number of hydrogen-bond acceptors (Lipinski definition) is 2. The Morgan fingerprint density at radius 1 is 1.35 bits per heavy atom. The van der Waals surface area contributed by atoms with Gasteiger partial charge in [-0.05, 0) is 31.9 Å². The highest BCUT2D eigenvalue weighted by Gasteiger charge is 2.18. The zero-order valence-electron chi connectivity index (χ0n) is 10.6. The van der Waals surface area contributed by atoms with Crippen molar-refractivity contribution in [1.82, 2.24) is 5.32 Å². The van der Waals surface area contributed by atoms with Crippen LogP contribution in [0.4, 0.5) is 5.69 Å². The van der Waals surface area contributed by atoms with E-state index in [0.29, 0.717) is 12.6 Å². The molecule has 0 saturated heterocycles. The van der Waals surface area contributed by atoms with Gasteiger partial charge in [-0.3, -0.25) is 4.79 Å². The molecule has 0 bridgehead atoms. The zero-order valence-corrected chi connectivity index (χ0v) is 10.6. The van der Waals surface area contributed by atoms with Crippen molar-refractivity contribution >= 4 is 11.6 Å². The number of carbonyl (C=O) groups is 1. The van der Waals surface area contributed by atoms with Gasteiger partial charge in [-0.15, -0.1) is 0 Å². The van der Waals surface area contributed by atoms with E-state index in [-0.39, 0.29) is 5.91 Å². The highest BCUT2D eigenvalue weighted by molar-refractivity contribution is 5.94. The van der Waals surface area contributed by atoms with E-state index in [9.17, 15) is 4.79 Å². The van der Waals surface area contributed by atoms with Crippen molar-refractivity contribution in [1.29, 1.82) is 0 Å². The third-order valence-corrected chi connectivity index (χ3v) is 3.44. The number of nitrogens with zero attached hydrogens (tertiary/aromatic N) is 1. The molecule has 0 atom stereocenters. The monoisotopic (exact) mass is 232 g/mol. The first-order valence-corrected chi connectivity index (χ1v) is 6.23. The maximum atomic E-state index is 11.9. The molecule has 2 rings (SSSR count). The minimum atomic E-state index is 0.126. The lowest BCUT2D eigenvalue weighted by molar-refractivity contribution is -0.117. The fourth-order valence-corrected chi connectivity index (χ4v) is 1.87. The molecule has 0 aromatic heterocycles. The second kappa shape index (κ2) is 5.32. The molecule has 92 valence electrons. The fourth-order valence-electron chi connectivity index (χ4n) is 1.87. The number of carbonyl (C=O) groups excluding carboxylic acids is 1. The molecule has 1 N–H and O–H groups in total. The Bertz CT molecular complexity index is 382. The van der Waals surface area contributed by atoms with E-state index in [1.54, 1.807) is 4.90 Å². The van der Waals surface area contributed by atoms with Crippen LogP contribution < -0.4 is 10.2 Å². The van der Waals surface area contributed by atoms with E-state index >= 15 is 0 Å². The van der Waals surface area contributed by atoms with Crippen LogP contribution in [0.2, 0.25) is 0 Å². The van der Waals surface area contributed by atoms with Gasteiger partial charge in [-0.25, -0.2) is 0 Å². The predicted molar refractivity (Wildman–Crippen MR) is 70.2 cm³/mol. The summed E-state index contributed by atoms with van der Waals surface area (Å²) < 4.78 is 0. The Kier molecular flexibility index (Phi) is 3.79. The summed E-state index contributed by atoms with van der Waals surface area (Å²) in [5.74, 6) is 0.126. The lowest BCUT2D eigenvalue weighted by Gasteiger charge is -2.27. The van der Waals surface area contributed by atoms with E-state index in [1.165, 1.54) is 24.8 Å². The van der Waals surface area contributed by atoms with Gasteiger partial charge < -0.3 is 10.2 Å². The number of likely N-dealkylation sites (N-methyl/N-ethyl adjacent to an activating group) is 1. The van der Waals surface area contributed by atoms with Crippen molar-refractivity contribution in [2.45, 2.75) is 32.2 Å². The van der Waals surface area contributed by atoms with Crippen LogP contribution >= 0.6 is 0 Å². The summed E-state index contributed by atoms with van der Waals surface area (Å²) in [6.45, 7) is 2.48. The van der Waals surface area contributed by atoms with Gasteiger partial charge in [0.05, 0.1) is 6.54 Å². The lowest BCUT2D eigenvalue weighted by Crippen LogP contribution is -2.42. The van der Waals surface area contributed by atoms with E-state index in [1.807, 2.05) is 38.2 Å². The molecule has 1 aromatic rings. The summed E-state index contributed by atoms with van der Waals surface area (Å²) in [6.07, 6.45) is 3.71. The summed E-state index contributed by atoms with van der Waals surface area (Å²) in [7, 11) is 1.83. The summed E-state index contributed by atoms with van der Waals surface area (Å²) in [6, 6.07) is 8.58. The van der Waals surface area contributed by atoms with Gasteiger partial charge in [0, 0.05) is 18.8 Å². The van der Waals surface area contributed by atoms with Crippen LogP contribution in [0.25, 0.3) is 0 Å². The Labute approximate surface area is 103 Å². The molecule has 1 aliphatic rings. The van der Waals surface area contributed by atoms with Crippen molar-refractivity contribution in [3.8, 4) is 0 Å². The molecule has 1 saturated carbocycles. The largest absolute Gasteiger partial charge is 0.314 e. The number of amides is 1. The third kappa shape index (κ3) is 3.07. The summed E-state index contributed by atoms with van der Waals surface area (Å²) in [5, 5.41) is 3.29. The molecule has 0 spiro atoms. The minimum absolute atomic E-state index is 0.126. The quantitative estimate of drug-likeness (QED) is 0.862. The highest BCUT2D eigenvalue weighted by atomic mass is 16.2. The van der Waals surface area contributed by atoms with Gasteiger partial charge in [-0.2, -0.15) is 0 Å². The normalized spacial score (nSPS) is 15.4. The van der Waals surface area contributed by atoms with E-state index in [2.05, 4.69) is 5.32 Å². The molecule has 3 heteroatoms. The van der Waals surface area contributed by atoms with Crippen molar-refractivity contribution in [2.75, 3.05) is 18.5 Å². The molecular weight excluding hydrogens is 212 g/mol. The molecule has 17 heavy (non-hydrogen) atoms. The van der Waals surface area contributed by atoms with Crippen LogP contribution in [0, 0.1) is 6.92 Å². The smallest absolute Gasteiger partial charge is 0.240 e. The van der Waals surface area contributed by atoms with Crippen LogP contribution in [0.5, 0.6) is 0 Å². The zero-order chi connectivity index (χ0) is 12.3. The maximum Gasteiger partial charge on any atom is 0.240 e. The predicted octanol–water partition coefficient (Wildman–Crippen LogP) is 2.10. The average molecular weight is 232 g/mol. The van der Waals surface area contributed by atoms with Gasteiger partial charge in [0.25, 0.3) is 0 Å². The summed E-state index contributed by atoms with van der Waals surface area (Å²) in [5.41, 5.74) is 2.17. The van der Waals surface area contributed by atoms with E-state index in [0.717, 1.165) is 5.69 Å². The number of benzene rings is 1. The minimum Gasteiger partial charge on any atom is -0.314 e. The van der Waals surface area contributed by atoms with Crippen LogP contribution in [0.3, 0.4) is 0 Å². The molecule has 1 aliphatic carbocycles. The van der Waals surface area contributed by atoms with Crippen molar-refractivity contribution in [2.24, 2.45) is 0 Å². The molecule has 1 amide bonds. The third-order valence-electron chi connectivity index (χ3n) is 3.44. The number of hydrogen-bond donors (Lipinski definition) is 1. The molecular formula is C14H20N2O. The topological polar surface area (TPSA) is 32.3 Å². The van der Waals surface area contributed by atoms with Crippen LogP contribution in [-0.2, 0) is 4.79 Å². The Hall–Kier alpha value is -1.35. The van der Waals surface area contributed by atoms with E-state index < -0.39 is 0 Å². The van der Waals surface area contributed by atoms with Gasteiger partial charge in [-0.1, -0.05) is 24.1 Å². The highest BCUT2D eigenvalue weighted by Crippen LogP contribution is 2.18. The first-order valence-electron chi connectivity index (χ1n) is 6.23. The SMILES string of the molecule is Cc1ccc(N(C)C(=O)CNC2CCC2)cc1.